The third-order valence-electron chi connectivity index (χ3n) is 6.24. The zero-order chi connectivity index (χ0) is 16.9. The number of aromatic nitrogens is 2. The van der Waals surface area contributed by atoms with Gasteiger partial charge in [0.15, 0.2) is 0 Å². The van der Waals surface area contributed by atoms with Crippen LogP contribution in [0.5, 0.6) is 0 Å². The Kier molecular flexibility index (Phi) is 2.39. The smallest absolute Gasteiger partial charge is 0.240 e. The molecular formula is C18H19N3O3. The van der Waals surface area contributed by atoms with Crippen molar-refractivity contribution in [2.24, 2.45) is 11.8 Å². The number of amides is 2. The quantitative estimate of drug-likeness (QED) is 0.753. The minimum atomic E-state index is -0.520. The van der Waals surface area contributed by atoms with Gasteiger partial charge in [-0.2, -0.15) is 0 Å². The monoisotopic (exact) mass is 325 g/mol. The first kappa shape index (κ1) is 14.2. The van der Waals surface area contributed by atoms with Gasteiger partial charge < -0.3 is 9.14 Å². The predicted octanol–water partition coefficient (Wildman–Crippen LogP) is 2.09. The molecule has 0 radical (unpaired) electrons. The standard InChI is InChI=1S/C18H19N3O3/c1-10-11(4-5-12-19-8-9-20(10)12)21-15(22)13-14(16(21)23)18(3)7-6-17(13,2)24-18/h4-5,8-9,13-14H,6-7H2,1-3H3/t13-,14+,17?,18?. The molecule has 2 unspecified atom stereocenters. The molecule has 4 atom stereocenters. The van der Waals surface area contributed by atoms with Crippen LogP contribution < -0.4 is 4.90 Å². The maximum absolute atomic E-state index is 13.2. The number of pyridine rings is 1. The molecule has 0 aliphatic carbocycles. The Balaban J connectivity index is 1.66. The highest BCUT2D eigenvalue weighted by Gasteiger charge is 2.72. The normalized spacial score (nSPS) is 37.7. The lowest BCUT2D eigenvalue weighted by atomic mass is 9.69. The number of anilines is 1. The van der Waals surface area contributed by atoms with E-state index in [0.29, 0.717) is 5.69 Å². The van der Waals surface area contributed by atoms with Crippen molar-refractivity contribution in [1.82, 2.24) is 9.38 Å². The van der Waals surface area contributed by atoms with Gasteiger partial charge in [-0.05, 0) is 45.7 Å². The summed E-state index contributed by atoms with van der Waals surface area (Å²) in [5, 5.41) is 0. The maximum Gasteiger partial charge on any atom is 0.240 e. The molecule has 3 aliphatic heterocycles. The van der Waals surface area contributed by atoms with E-state index in [1.165, 1.54) is 4.90 Å². The van der Waals surface area contributed by atoms with Gasteiger partial charge >= 0.3 is 0 Å². The lowest BCUT2D eigenvalue weighted by Crippen LogP contribution is -2.40. The highest BCUT2D eigenvalue weighted by Crippen LogP contribution is 2.61. The number of fused-ring (bicyclic) bond motifs is 6. The number of nitrogens with zero attached hydrogens (tertiary/aromatic N) is 3. The zero-order valence-electron chi connectivity index (χ0n) is 13.9. The number of imidazole rings is 1. The second-order valence-corrected chi connectivity index (χ2v) is 7.65. The van der Waals surface area contributed by atoms with Gasteiger partial charge in [0.05, 0.1) is 28.7 Å². The van der Waals surface area contributed by atoms with Gasteiger partial charge in [0.1, 0.15) is 5.65 Å². The van der Waals surface area contributed by atoms with E-state index in [2.05, 4.69) is 4.98 Å². The summed E-state index contributed by atoms with van der Waals surface area (Å²) in [6.07, 6.45) is 5.22. The molecule has 2 aromatic heterocycles. The van der Waals surface area contributed by atoms with E-state index in [9.17, 15) is 9.59 Å². The van der Waals surface area contributed by atoms with Crippen LogP contribution in [0.4, 0.5) is 5.69 Å². The Morgan fingerprint density at radius 1 is 1.12 bits per heavy atom. The molecule has 6 heteroatoms. The average molecular weight is 325 g/mol. The summed E-state index contributed by atoms with van der Waals surface area (Å²) in [4.78, 5) is 32.0. The van der Waals surface area contributed by atoms with Crippen LogP contribution in [0.15, 0.2) is 24.5 Å². The van der Waals surface area contributed by atoms with E-state index >= 15 is 0 Å². The minimum Gasteiger partial charge on any atom is -0.367 e. The molecule has 3 fully saturated rings. The van der Waals surface area contributed by atoms with Gasteiger partial charge in [-0.1, -0.05) is 0 Å². The van der Waals surface area contributed by atoms with Crippen molar-refractivity contribution in [2.75, 3.05) is 4.90 Å². The van der Waals surface area contributed by atoms with E-state index in [4.69, 9.17) is 4.74 Å². The van der Waals surface area contributed by atoms with Crippen LogP contribution in [-0.4, -0.2) is 32.4 Å². The van der Waals surface area contributed by atoms with Crippen molar-refractivity contribution in [3.63, 3.8) is 0 Å². The van der Waals surface area contributed by atoms with Gasteiger partial charge in [-0.3, -0.25) is 9.59 Å². The first-order valence-electron chi connectivity index (χ1n) is 8.36. The first-order chi connectivity index (χ1) is 11.4. The molecule has 2 aromatic rings. The number of carbonyl (C=O) groups is 2. The fourth-order valence-corrected chi connectivity index (χ4v) is 5.06. The maximum atomic E-state index is 13.2. The van der Waals surface area contributed by atoms with E-state index in [0.717, 1.165) is 24.2 Å². The Labute approximate surface area is 139 Å². The van der Waals surface area contributed by atoms with E-state index in [1.807, 2.05) is 43.5 Å². The molecule has 5 rings (SSSR count). The van der Waals surface area contributed by atoms with Crippen molar-refractivity contribution in [1.29, 1.82) is 0 Å². The molecule has 124 valence electrons. The van der Waals surface area contributed by atoms with Crippen LogP contribution in [-0.2, 0) is 14.3 Å². The summed E-state index contributed by atoms with van der Waals surface area (Å²) in [5.74, 6) is -1.000. The molecule has 6 nitrogen and oxygen atoms in total. The summed E-state index contributed by atoms with van der Waals surface area (Å²) in [6.45, 7) is 5.86. The van der Waals surface area contributed by atoms with Gasteiger partial charge in [-0.15, -0.1) is 0 Å². The Bertz CT molecular complexity index is 885. The van der Waals surface area contributed by atoms with E-state index in [1.54, 1.807) is 6.20 Å². The van der Waals surface area contributed by atoms with Crippen molar-refractivity contribution < 1.29 is 14.3 Å². The van der Waals surface area contributed by atoms with Gasteiger partial charge in [0.25, 0.3) is 0 Å². The predicted molar refractivity (Wildman–Crippen MR) is 86.5 cm³/mol. The van der Waals surface area contributed by atoms with Crippen molar-refractivity contribution in [3.05, 3.63) is 30.2 Å². The molecule has 3 saturated heterocycles. The van der Waals surface area contributed by atoms with Crippen LogP contribution in [0.2, 0.25) is 0 Å². The SMILES string of the molecule is Cc1c(N2C(=O)[C@@H]3[C@H](C2=O)C2(C)CCC3(C)O2)ccc2nccn12. The van der Waals surface area contributed by atoms with Crippen LogP contribution >= 0.6 is 0 Å². The fourth-order valence-electron chi connectivity index (χ4n) is 5.06. The van der Waals surface area contributed by atoms with Crippen molar-refractivity contribution in [3.8, 4) is 0 Å². The van der Waals surface area contributed by atoms with Gasteiger partial charge in [0, 0.05) is 18.1 Å². The number of hydrogen-bond donors (Lipinski definition) is 0. The number of hydrogen-bond acceptors (Lipinski definition) is 4. The van der Waals surface area contributed by atoms with E-state index in [-0.39, 0.29) is 23.7 Å². The van der Waals surface area contributed by atoms with Crippen LogP contribution in [0, 0.1) is 18.8 Å². The molecule has 2 bridgehead atoms. The first-order valence-corrected chi connectivity index (χ1v) is 8.36. The third kappa shape index (κ3) is 1.43. The van der Waals surface area contributed by atoms with Crippen LogP contribution in [0.1, 0.15) is 32.4 Å². The average Bonchev–Trinajstić information content (AvgIpc) is 3.22. The fraction of sp³-hybridized carbons (Fsp3) is 0.500. The molecule has 2 amide bonds. The minimum absolute atomic E-state index is 0.126. The second kappa shape index (κ2) is 4.06. The van der Waals surface area contributed by atoms with Crippen LogP contribution in [0.25, 0.3) is 5.65 Å². The summed E-state index contributed by atoms with van der Waals surface area (Å²) in [5.41, 5.74) is 1.26. The summed E-state index contributed by atoms with van der Waals surface area (Å²) in [7, 11) is 0. The number of carbonyl (C=O) groups excluding carboxylic acids is 2. The molecule has 0 aromatic carbocycles. The Hall–Kier alpha value is -2.21. The van der Waals surface area contributed by atoms with Crippen molar-refractivity contribution >= 4 is 23.1 Å². The molecule has 24 heavy (non-hydrogen) atoms. The summed E-state index contributed by atoms with van der Waals surface area (Å²) < 4.78 is 8.05. The topological polar surface area (TPSA) is 63.9 Å². The highest BCUT2D eigenvalue weighted by atomic mass is 16.5. The Morgan fingerprint density at radius 2 is 1.75 bits per heavy atom. The van der Waals surface area contributed by atoms with Crippen molar-refractivity contribution in [2.45, 2.75) is 44.8 Å². The molecule has 3 aliphatic rings. The number of rotatable bonds is 1. The second-order valence-electron chi connectivity index (χ2n) is 7.65. The summed E-state index contributed by atoms with van der Waals surface area (Å²) >= 11 is 0. The van der Waals surface area contributed by atoms with E-state index < -0.39 is 11.2 Å². The van der Waals surface area contributed by atoms with Gasteiger partial charge in [-0.25, -0.2) is 9.88 Å². The zero-order valence-corrected chi connectivity index (χ0v) is 13.9. The lowest BCUT2D eigenvalue weighted by Gasteiger charge is -2.27. The molecule has 5 heterocycles. The molecule has 0 saturated carbocycles. The molecular weight excluding hydrogens is 306 g/mol. The number of imide groups is 1. The van der Waals surface area contributed by atoms with Crippen LogP contribution in [0.3, 0.4) is 0 Å². The number of aryl methyl sites for hydroxylation is 1. The molecule has 0 N–H and O–H groups in total. The third-order valence-corrected chi connectivity index (χ3v) is 6.24. The Morgan fingerprint density at radius 3 is 2.38 bits per heavy atom. The molecule has 0 spiro atoms. The lowest BCUT2D eigenvalue weighted by molar-refractivity contribution is -0.129. The number of ether oxygens (including phenoxy) is 1. The van der Waals surface area contributed by atoms with Gasteiger partial charge in [0.2, 0.25) is 11.8 Å². The highest BCUT2D eigenvalue weighted by molar-refractivity contribution is 6.23. The largest absolute Gasteiger partial charge is 0.367 e. The summed E-state index contributed by atoms with van der Waals surface area (Å²) in [6, 6.07) is 3.66.